The van der Waals surface area contributed by atoms with E-state index in [9.17, 15) is 15.6 Å². The van der Waals surface area contributed by atoms with Crippen molar-refractivity contribution in [3.8, 4) is 23.3 Å². The number of benzene rings is 1. The van der Waals surface area contributed by atoms with Crippen molar-refractivity contribution in [2.45, 2.75) is 48.6 Å². The number of piperidine rings is 1. The Labute approximate surface area is 214 Å². The first kappa shape index (κ1) is 24.1. The first-order chi connectivity index (χ1) is 17.5. The highest BCUT2D eigenvalue weighted by molar-refractivity contribution is 7.99. The van der Waals surface area contributed by atoms with Gasteiger partial charge in [0.05, 0.1) is 41.2 Å². The van der Waals surface area contributed by atoms with Gasteiger partial charge in [-0.1, -0.05) is 23.9 Å². The predicted octanol–water partition coefficient (Wildman–Crippen LogP) is 4.42. The minimum Gasteiger partial charge on any atom is -0.392 e. The number of hydrogen-bond donors (Lipinski definition) is 1. The molecule has 0 aliphatic carbocycles. The van der Waals surface area contributed by atoms with Gasteiger partial charge < -0.3 is 10.0 Å². The van der Waals surface area contributed by atoms with Crippen LogP contribution in [0.5, 0.6) is 0 Å². The van der Waals surface area contributed by atoms with Crippen LogP contribution in [-0.2, 0) is 0 Å². The number of aromatic nitrogens is 4. The van der Waals surface area contributed by atoms with E-state index in [1.54, 1.807) is 16.8 Å². The van der Waals surface area contributed by atoms with E-state index in [1.807, 2.05) is 37.5 Å². The molecule has 0 spiro atoms. The summed E-state index contributed by atoms with van der Waals surface area (Å²) in [6.07, 6.45) is 7.10. The van der Waals surface area contributed by atoms with E-state index in [1.165, 1.54) is 11.8 Å². The fourth-order valence-electron chi connectivity index (χ4n) is 4.95. The van der Waals surface area contributed by atoms with Crippen molar-refractivity contribution in [1.29, 1.82) is 10.5 Å². The van der Waals surface area contributed by atoms with Gasteiger partial charge in [-0.2, -0.15) is 20.7 Å². The number of hydrogen-bond acceptors (Lipinski definition) is 7. The van der Waals surface area contributed by atoms with Gasteiger partial charge in [-0.15, -0.1) is 0 Å². The molecule has 0 radical (unpaired) electrons. The molecule has 1 atom stereocenters. The van der Waals surface area contributed by atoms with Crippen LogP contribution >= 0.6 is 11.8 Å². The number of aliphatic hydroxyl groups is 1. The molecule has 1 N–H and O–H groups in total. The predicted molar refractivity (Wildman–Crippen MR) is 138 cm³/mol. The zero-order valence-corrected chi connectivity index (χ0v) is 21.1. The minimum atomic E-state index is -0.314. The zero-order chi connectivity index (χ0) is 25.2. The summed E-state index contributed by atoms with van der Waals surface area (Å²) in [6, 6.07) is 14.4. The Hall–Kier alpha value is -3.63. The largest absolute Gasteiger partial charge is 0.392 e. The number of pyridine rings is 1. The number of nitrogens with zero attached hydrogens (tertiary/aromatic N) is 7. The van der Waals surface area contributed by atoms with Crippen molar-refractivity contribution >= 4 is 17.3 Å². The summed E-state index contributed by atoms with van der Waals surface area (Å²) in [5, 5.41) is 38.1. The van der Waals surface area contributed by atoms with E-state index < -0.39 is 0 Å². The van der Waals surface area contributed by atoms with Gasteiger partial charge >= 0.3 is 0 Å². The first-order valence-electron chi connectivity index (χ1n) is 12.0. The van der Waals surface area contributed by atoms with E-state index in [0.29, 0.717) is 23.7 Å². The smallest absolute Gasteiger partial charge is 0.103 e. The van der Waals surface area contributed by atoms with E-state index in [4.69, 9.17) is 5.10 Å². The third-order valence-electron chi connectivity index (χ3n) is 6.71. The molecule has 0 unspecified atom stereocenters. The van der Waals surface area contributed by atoms with Crippen LogP contribution in [0.25, 0.3) is 16.6 Å². The van der Waals surface area contributed by atoms with Gasteiger partial charge in [0.25, 0.3) is 0 Å². The minimum absolute atomic E-state index is 0.314. The van der Waals surface area contributed by atoms with E-state index in [0.717, 1.165) is 58.1 Å². The summed E-state index contributed by atoms with van der Waals surface area (Å²) in [7, 11) is 0. The van der Waals surface area contributed by atoms with Crippen molar-refractivity contribution in [1.82, 2.24) is 24.3 Å². The third kappa shape index (κ3) is 4.61. The van der Waals surface area contributed by atoms with Gasteiger partial charge in [-0.05, 0) is 44.9 Å². The number of fused-ring (bicyclic) bond motifs is 1. The number of rotatable bonds is 6. The van der Waals surface area contributed by atoms with Crippen LogP contribution in [-0.4, -0.2) is 55.1 Å². The quantitative estimate of drug-likeness (QED) is 0.420. The van der Waals surface area contributed by atoms with Crippen molar-refractivity contribution in [2.75, 3.05) is 19.6 Å². The van der Waals surface area contributed by atoms with Gasteiger partial charge in [0.15, 0.2) is 0 Å². The SMILES string of the molecule is Cc1c(-c2cc(Sc3ccccc3C#N)c3c(C#N)cnn3c2)cnn1C1CCN(C[C@@H](C)O)CC1. The van der Waals surface area contributed by atoms with Crippen LogP contribution in [0, 0.1) is 29.6 Å². The summed E-state index contributed by atoms with van der Waals surface area (Å²) >= 11 is 1.47. The van der Waals surface area contributed by atoms with Crippen LogP contribution in [0.3, 0.4) is 0 Å². The summed E-state index contributed by atoms with van der Waals surface area (Å²) in [6.45, 7) is 6.52. The zero-order valence-electron chi connectivity index (χ0n) is 20.3. The second-order valence-electron chi connectivity index (χ2n) is 9.24. The molecule has 182 valence electrons. The molecule has 5 rings (SSSR count). The number of likely N-dealkylation sites (tertiary alicyclic amines) is 1. The summed E-state index contributed by atoms with van der Waals surface area (Å²) < 4.78 is 3.87. The Morgan fingerprint density at radius 3 is 2.56 bits per heavy atom. The molecule has 8 nitrogen and oxygen atoms in total. The lowest BCUT2D eigenvalue weighted by Gasteiger charge is -2.33. The molecule has 0 amide bonds. The Morgan fingerprint density at radius 1 is 1.08 bits per heavy atom. The molecule has 3 aromatic heterocycles. The van der Waals surface area contributed by atoms with Crippen LogP contribution in [0.15, 0.2) is 58.7 Å². The second-order valence-corrected chi connectivity index (χ2v) is 10.3. The highest BCUT2D eigenvalue weighted by atomic mass is 32.2. The average Bonchev–Trinajstić information content (AvgIpc) is 3.48. The molecule has 0 saturated carbocycles. The average molecular weight is 498 g/mol. The van der Waals surface area contributed by atoms with E-state index in [2.05, 4.69) is 39.8 Å². The lowest BCUT2D eigenvalue weighted by Crippen LogP contribution is -2.39. The Balaban J connectivity index is 1.50. The lowest BCUT2D eigenvalue weighted by atomic mass is 10.0. The molecular weight excluding hydrogens is 470 g/mol. The highest BCUT2D eigenvalue weighted by Gasteiger charge is 2.24. The Bertz CT molecular complexity index is 1480. The summed E-state index contributed by atoms with van der Waals surface area (Å²) in [5.41, 5.74) is 4.89. The lowest BCUT2D eigenvalue weighted by molar-refractivity contribution is 0.0992. The summed E-state index contributed by atoms with van der Waals surface area (Å²) in [5.74, 6) is 0. The van der Waals surface area contributed by atoms with Crippen molar-refractivity contribution in [2.24, 2.45) is 0 Å². The normalized spacial score (nSPS) is 15.6. The third-order valence-corrected chi connectivity index (χ3v) is 7.81. The highest BCUT2D eigenvalue weighted by Crippen LogP contribution is 2.38. The second kappa shape index (κ2) is 10.2. The van der Waals surface area contributed by atoms with Gasteiger partial charge in [-0.3, -0.25) is 4.68 Å². The van der Waals surface area contributed by atoms with Gasteiger partial charge in [0, 0.05) is 52.4 Å². The molecule has 0 bridgehead atoms. The molecule has 4 heterocycles. The van der Waals surface area contributed by atoms with Crippen LogP contribution in [0.1, 0.15) is 42.6 Å². The molecule has 1 saturated heterocycles. The summed E-state index contributed by atoms with van der Waals surface area (Å²) in [4.78, 5) is 4.00. The number of β-amino-alcohol motifs (C(OH)–C–C–N with tert-alkyl or cyclic N) is 1. The molecule has 1 fully saturated rings. The van der Waals surface area contributed by atoms with E-state index >= 15 is 0 Å². The topological polar surface area (TPSA) is 106 Å². The molecular formula is C27H27N7OS. The van der Waals surface area contributed by atoms with Crippen LogP contribution in [0.2, 0.25) is 0 Å². The van der Waals surface area contributed by atoms with Gasteiger partial charge in [0.2, 0.25) is 0 Å². The van der Waals surface area contributed by atoms with Crippen LogP contribution < -0.4 is 0 Å². The Morgan fingerprint density at radius 2 is 1.83 bits per heavy atom. The maximum Gasteiger partial charge on any atom is 0.103 e. The monoisotopic (exact) mass is 497 g/mol. The first-order valence-corrected chi connectivity index (χ1v) is 12.8. The standard InChI is InChI=1S/C27H27N7OS/c1-18(35)16-32-9-7-23(8-10-32)34-19(2)24(15-31-34)21-11-26(27-22(13-29)14-30-33(27)17-21)36-25-6-4-3-5-20(25)12-28/h3-6,11,14-15,17-18,23,35H,7-10,16H2,1-2H3/t18-/m1/s1. The molecule has 1 aliphatic heterocycles. The fraction of sp³-hybridized carbons (Fsp3) is 0.333. The van der Waals surface area contributed by atoms with E-state index in [-0.39, 0.29) is 6.10 Å². The molecule has 4 aromatic rings. The molecule has 1 aliphatic rings. The molecule has 1 aromatic carbocycles. The van der Waals surface area contributed by atoms with Crippen LogP contribution in [0.4, 0.5) is 0 Å². The maximum absolute atomic E-state index is 9.70. The van der Waals surface area contributed by atoms with Gasteiger partial charge in [0.1, 0.15) is 12.1 Å². The van der Waals surface area contributed by atoms with Crippen molar-refractivity contribution in [3.63, 3.8) is 0 Å². The number of nitriles is 2. The van der Waals surface area contributed by atoms with Gasteiger partial charge in [-0.25, -0.2) is 4.52 Å². The number of aliphatic hydroxyl groups excluding tert-OH is 1. The molecule has 36 heavy (non-hydrogen) atoms. The maximum atomic E-state index is 9.70. The Kier molecular flexibility index (Phi) is 6.80. The van der Waals surface area contributed by atoms with Crippen molar-refractivity contribution in [3.05, 3.63) is 65.7 Å². The van der Waals surface area contributed by atoms with Crippen molar-refractivity contribution < 1.29 is 5.11 Å². The fourth-order valence-corrected chi connectivity index (χ4v) is 6.05. The molecule has 9 heteroatoms.